The highest BCUT2D eigenvalue weighted by atomic mass is 14.8. The minimum absolute atomic E-state index is 0.939. The highest BCUT2D eigenvalue weighted by Gasteiger charge is 2.08. The number of aromatic amines is 2. The molecule has 0 aliphatic carbocycles. The highest BCUT2D eigenvalue weighted by molar-refractivity contribution is 5.94. The first kappa shape index (κ1) is 14.1. The molecule has 110 valence electrons. The van der Waals surface area contributed by atoms with Gasteiger partial charge in [0.05, 0.1) is 23.1 Å². The number of nitrogens with zero attached hydrogens (tertiary/aromatic N) is 1. The predicted octanol–water partition coefficient (Wildman–Crippen LogP) is 5.15. The van der Waals surface area contributed by atoms with Crippen LogP contribution in [0.15, 0.2) is 42.5 Å². The summed E-state index contributed by atoms with van der Waals surface area (Å²) in [7, 11) is 0. The molecule has 0 spiro atoms. The van der Waals surface area contributed by atoms with Gasteiger partial charge in [0, 0.05) is 22.8 Å². The molecule has 0 fully saturated rings. The van der Waals surface area contributed by atoms with E-state index in [9.17, 15) is 0 Å². The summed E-state index contributed by atoms with van der Waals surface area (Å²) in [6.07, 6.45) is 7.45. The molecular weight excluding hydrogens is 270 g/mol. The second kappa shape index (κ2) is 5.53. The predicted molar refractivity (Wildman–Crippen MR) is 96.0 cm³/mol. The zero-order valence-electron chi connectivity index (χ0n) is 12.9. The molecule has 0 aliphatic rings. The van der Waals surface area contributed by atoms with Crippen molar-refractivity contribution in [1.82, 2.24) is 9.97 Å². The molecule has 2 heterocycles. The van der Waals surface area contributed by atoms with Crippen molar-refractivity contribution >= 4 is 35.0 Å². The quantitative estimate of drug-likeness (QED) is 0.624. The summed E-state index contributed by atoms with van der Waals surface area (Å²) in [5.41, 5.74) is 7.35. The summed E-state index contributed by atoms with van der Waals surface area (Å²) < 4.78 is 0. The lowest BCUT2D eigenvalue weighted by Crippen LogP contribution is -1.85. The Morgan fingerprint density at radius 1 is 1.09 bits per heavy atom. The summed E-state index contributed by atoms with van der Waals surface area (Å²) >= 11 is 0. The lowest BCUT2D eigenvalue weighted by molar-refractivity contribution is 1.32. The first-order chi connectivity index (χ1) is 10.6. The van der Waals surface area contributed by atoms with E-state index < -0.39 is 0 Å². The smallest absolute Gasteiger partial charge is 0.0874 e. The van der Waals surface area contributed by atoms with E-state index in [-0.39, 0.29) is 0 Å². The monoisotopic (exact) mass is 289 g/mol. The van der Waals surface area contributed by atoms with Gasteiger partial charge in [0.25, 0.3) is 0 Å². The number of aromatic nitrogens is 2. The third-order valence-electron chi connectivity index (χ3n) is 3.89. The molecule has 0 amide bonds. The molecule has 0 atom stereocenters. The molecular formula is C19H19N3. The number of fused-ring (bicyclic) bond motifs is 1. The number of aryl methyl sites for hydroxylation is 1. The Kier molecular flexibility index (Phi) is 3.55. The van der Waals surface area contributed by atoms with Gasteiger partial charge in [0.15, 0.2) is 0 Å². The summed E-state index contributed by atoms with van der Waals surface area (Å²) in [5.74, 6) is 0. The third kappa shape index (κ3) is 2.31. The molecule has 3 nitrogen and oxygen atoms in total. The Hall–Kier alpha value is -2.81. The number of H-pyrrole nitrogens is 2. The number of hydrogen-bond acceptors (Lipinski definition) is 1. The van der Waals surface area contributed by atoms with Crippen molar-refractivity contribution in [2.45, 2.75) is 13.8 Å². The molecule has 0 bridgehead atoms. The van der Waals surface area contributed by atoms with Gasteiger partial charge in [-0.1, -0.05) is 19.2 Å². The number of aliphatic imine (C=N–C) groups is 1. The molecule has 0 saturated carbocycles. The molecule has 2 N–H and O–H groups in total. The van der Waals surface area contributed by atoms with Gasteiger partial charge in [0.1, 0.15) is 0 Å². The summed E-state index contributed by atoms with van der Waals surface area (Å²) in [6, 6.07) is 6.29. The van der Waals surface area contributed by atoms with Gasteiger partial charge >= 0.3 is 0 Å². The molecule has 2 aromatic heterocycles. The Bertz CT molecular complexity index is 891. The van der Waals surface area contributed by atoms with Crippen LogP contribution < -0.4 is 0 Å². The average Bonchev–Trinajstić information content (AvgIpc) is 3.08. The van der Waals surface area contributed by atoms with Gasteiger partial charge in [-0.3, -0.25) is 4.99 Å². The Balaban J connectivity index is 2.07. The van der Waals surface area contributed by atoms with Gasteiger partial charge in [-0.05, 0) is 49.2 Å². The van der Waals surface area contributed by atoms with E-state index in [1.807, 2.05) is 18.5 Å². The van der Waals surface area contributed by atoms with Crippen LogP contribution in [-0.4, -0.2) is 16.2 Å². The van der Waals surface area contributed by atoms with Crippen LogP contribution in [0.3, 0.4) is 0 Å². The second-order valence-corrected chi connectivity index (χ2v) is 5.38. The molecule has 0 unspecified atom stereocenters. The Labute approximate surface area is 130 Å². The summed E-state index contributed by atoms with van der Waals surface area (Å²) in [5, 5.41) is 1.17. The average molecular weight is 289 g/mol. The standard InChI is InChI=1S/C19H19N3/c1-5-15-13(4)18(22-16(15)6-2)11-21-17-10-12(3)9-14-7-8-20-19(14)17/h5-11,20,22H,1-2H2,3-4H3. The number of hydrogen-bond donors (Lipinski definition) is 2. The van der Waals surface area contributed by atoms with Crippen molar-refractivity contribution in [2.24, 2.45) is 4.99 Å². The minimum Gasteiger partial charge on any atom is -0.359 e. The number of rotatable bonds is 4. The largest absolute Gasteiger partial charge is 0.359 e. The second-order valence-electron chi connectivity index (χ2n) is 5.38. The maximum atomic E-state index is 4.67. The number of nitrogens with one attached hydrogen (secondary N) is 2. The van der Waals surface area contributed by atoms with E-state index in [0.29, 0.717) is 0 Å². The molecule has 22 heavy (non-hydrogen) atoms. The fraction of sp³-hybridized carbons (Fsp3) is 0.105. The van der Waals surface area contributed by atoms with Gasteiger partial charge in [-0.15, -0.1) is 0 Å². The molecule has 1 aromatic carbocycles. The van der Waals surface area contributed by atoms with Crippen LogP contribution in [0.2, 0.25) is 0 Å². The van der Waals surface area contributed by atoms with Crippen molar-refractivity contribution in [3.63, 3.8) is 0 Å². The zero-order valence-corrected chi connectivity index (χ0v) is 12.9. The molecule has 0 aliphatic heterocycles. The van der Waals surface area contributed by atoms with Crippen LogP contribution in [0.1, 0.15) is 28.1 Å². The number of benzene rings is 1. The summed E-state index contributed by atoms with van der Waals surface area (Å²) in [4.78, 5) is 11.2. The van der Waals surface area contributed by atoms with E-state index in [2.05, 4.69) is 60.2 Å². The van der Waals surface area contributed by atoms with Crippen molar-refractivity contribution in [1.29, 1.82) is 0 Å². The topological polar surface area (TPSA) is 43.9 Å². The van der Waals surface area contributed by atoms with E-state index >= 15 is 0 Å². The van der Waals surface area contributed by atoms with E-state index in [1.54, 1.807) is 6.08 Å². The van der Waals surface area contributed by atoms with Crippen LogP contribution in [0.25, 0.3) is 23.1 Å². The van der Waals surface area contributed by atoms with Crippen LogP contribution in [-0.2, 0) is 0 Å². The fourth-order valence-electron chi connectivity index (χ4n) is 2.74. The molecule has 0 radical (unpaired) electrons. The molecule has 3 aromatic rings. The fourth-order valence-corrected chi connectivity index (χ4v) is 2.74. The lowest BCUT2D eigenvalue weighted by atomic mass is 10.1. The lowest BCUT2D eigenvalue weighted by Gasteiger charge is -2.00. The zero-order chi connectivity index (χ0) is 15.7. The van der Waals surface area contributed by atoms with E-state index in [4.69, 9.17) is 0 Å². The van der Waals surface area contributed by atoms with Crippen molar-refractivity contribution in [3.05, 3.63) is 65.6 Å². The van der Waals surface area contributed by atoms with Gasteiger partial charge < -0.3 is 9.97 Å². The van der Waals surface area contributed by atoms with Gasteiger partial charge in [-0.2, -0.15) is 0 Å². The SMILES string of the molecule is C=Cc1[nH]c(C=Nc2cc(C)cc3cc[nH]c23)c(C)c1C=C. The van der Waals surface area contributed by atoms with Crippen LogP contribution in [0, 0.1) is 13.8 Å². The van der Waals surface area contributed by atoms with Crippen molar-refractivity contribution in [3.8, 4) is 0 Å². The van der Waals surface area contributed by atoms with Crippen molar-refractivity contribution < 1.29 is 0 Å². The van der Waals surface area contributed by atoms with E-state index in [1.165, 1.54) is 10.9 Å². The van der Waals surface area contributed by atoms with Crippen LogP contribution in [0.4, 0.5) is 5.69 Å². The molecule has 3 heteroatoms. The first-order valence-electron chi connectivity index (χ1n) is 7.23. The normalized spacial score (nSPS) is 11.4. The Morgan fingerprint density at radius 2 is 1.91 bits per heavy atom. The van der Waals surface area contributed by atoms with Crippen molar-refractivity contribution in [2.75, 3.05) is 0 Å². The molecule has 3 rings (SSSR count). The third-order valence-corrected chi connectivity index (χ3v) is 3.89. The molecule has 0 saturated heterocycles. The van der Waals surface area contributed by atoms with E-state index in [0.717, 1.165) is 33.7 Å². The highest BCUT2D eigenvalue weighted by Crippen LogP contribution is 2.27. The summed E-state index contributed by atoms with van der Waals surface area (Å²) in [6.45, 7) is 11.8. The maximum absolute atomic E-state index is 4.67. The van der Waals surface area contributed by atoms with Gasteiger partial charge in [0.2, 0.25) is 0 Å². The minimum atomic E-state index is 0.939. The Morgan fingerprint density at radius 3 is 2.59 bits per heavy atom. The van der Waals surface area contributed by atoms with Crippen LogP contribution in [0.5, 0.6) is 0 Å². The maximum Gasteiger partial charge on any atom is 0.0874 e. The van der Waals surface area contributed by atoms with Crippen LogP contribution >= 0.6 is 0 Å². The van der Waals surface area contributed by atoms with Gasteiger partial charge in [-0.25, -0.2) is 0 Å². The first-order valence-corrected chi connectivity index (χ1v) is 7.23.